The van der Waals surface area contributed by atoms with Gasteiger partial charge >= 0.3 is 5.97 Å². The van der Waals surface area contributed by atoms with Crippen LogP contribution in [-0.2, 0) is 17.6 Å². The lowest BCUT2D eigenvalue weighted by atomic mass is 10.0. The zero-order valence-corrected chi connectivity index (χ0v) is 9.87. The van der Waals surface area contributed by atoms with Gasteiger partial charge in [0.25, 0.3) is 5.78 Å². The zero-order valence-electron chi connectivity index (χ0n) is 8.29. The Hall–Kier alpha value is -1.36. The smallest absolute Gasteiger partial charge is 0.377 e. The highest BCUT2D eigenvalue weighted by Crippen LogP contribution is 2.38. The first-order chi connectivity index (χ1) is 7.52. The lowest BCUT2D eigenvalue weighted by Gasteiger charge is -2.08. The summed E-state index contributed by atoms with van der Waals surface area (Å²) in [6.45, 7) is 0. The molecule has 0 unspecified atom stereocenters. The number of carboxylic acid groups (broad SMARTS) is 1. The van der Waals surface area contributed by atoms with Gasteiger partial charge in [0.15, 0.2) is 0 Å². The van der Waals surface area contributed by atoms with E-state index in [1.54, 1.807) is 0 Å². The highest BCUT2D eigenvalue weighted by Gasteiger charge is 2.25. The first kappa shape index (κ1) is 11.1. The fourth-order valence-corrected chi connectivity index (χ4v) is 2.64. The molecule has 0 radical (unpaired) electrons. The Kier molecular flexibility index (Phi) is 2.71. The van der Waals surface area contributed by atoms with Crippen LogP contribution in [0.2, 0.25) is 0 Å². The second-order valence-corrected chi connectivity index (χ2v) is 4.51. The van der Waals surface area contributed by atoms with Crippen molar-refractivity contribution in [3.05, 3.63) is 27.2 Å². The van der Waals surface area contributed by atoms with Crippen LogP contribution in [0.5, 0.6) is 5.75 Å². The maximum Gasteiger partial charge on any atom is 0.377 e. The van der Waals surface area contributed by atoms with E-state index in [1.165, 1.54) is 6.07 Å². The number of Topliss-reactive ketones (excluding diaryl/α,β-unsaturated/α-hetero) is 1. The van der Waals surface area contributed by atoms with Gasteiger partial charge in [0.1, 0.15) is 5.75 Å². The predicted molar refractivity (Wildman–Crippen MR) is 59.8 cm³/mol. The van der Waals surface area contributed by atoms with Crippen LogP contribution in [0.1, 0.15) is 27.9 Å². The van der Waals surface area contributed by atoms with Crippen molar-refractivity contribution < 1.29 is 19.8 Å². The number of phenolic OH excluding ortho intramolecular Hbond substituents is 1. The average Bonchev–Trinajstić information content (AvgIpc) is 2.70. The van der Waals surface area contributed by atoms with E-state index >= 15 is 0 Å². The monoisotopic (exact) mass is 284 g/mol. The number of hydrogen-bond acceptors (Lipinski definition) is 3. The first-order valence-corrected chi connectivity index (χ1v) is 5.62. The molecule has 1 aromatic carbocycles. The van der Waals surface area contributed by atoms with E-state index in [0.29, 0.717) is 4.47 Å². The average molecular weight is 285 g/mol. The summed E-state index contributed by atoms with van der Waals surface area (Å²) in [6.07, 6.45) is 2.61. The van der Waals surface area contributed by atoms with Crippen molar-refractivity contribution >= 4 is 27.7 Å². The van der Waals surface area contributed by atoms with Crippen molar-refractivity contribution in [2.24, 2.45) is 0 Å². The summed E-state index contributed by atoms with van der Waals surface area (Å²) in [5.41, 5.74) is 1.77. The van der Waals surface area contributed by atoms with Crippen LogP contribution in [0.25, 0.3) is 0 Å². The van der Waals surface area contributed by atoms with Gasteiger partial charge in [-0.3, -0.25) is 4.79 Å². The number of carbonyl (C=O) groups is 2. The summed E-state index contributed by atoms with van der Waals surface area (Å²) >= 11 is 3.20. The standard InChI is InChI=1S/C11H9BrO4/c12-8-6-3-1-2-5(6)4-7(9(8)13)10(14)11(15)16/h4,13H,1-3H2,(H,15,16). The van der Waals surface area contributed by atoms with E-state index in [0.717, 1.165) is 30.4 Å². The number of aryl methyl sites for hydroxylation is 1. The lowest BCUT2D eigenvalue weighted by Crippen LogP contribution is -2.13. The van der Waals surface area contributed by atoms with Crippen molar-refractivity contribution in [1.29, 1.82) is 0 Å². The molecule has 5 heteroatoms. The molecule has 16 heavy (non-hydrogen) atoms. The van der Waals surface area contributed by atoms with Crippen molar-refractivity contribution in [3.8, 4) is 5.75 Å². The fraction of sp³-hybridized carbons (Fsp3) is 0.273. The molecule has 2 rings (SSSR count). The second-order valence-electron chi connectivity index (χ2n) is 3.71. The van der Waals surface area contributed by atoms with Crippen LogP contribution in [0.3, 0.4) is 0 Å². The van der Waals surface area contributed by atoms with E-state index in [9.17, 15) is 14.7 Å². The first-order valence-electron chi connectivity index (χ1n) is 4.83. The van der Waals surface area contributed by atoms with Gasteiger partial charge in [0, 0.05) is 0 Å². The van der Waals surface area contributed by atoms with Gasteiger partial charge in [-0.2, -0.15) is 0 Å². The number of carboxylic acids is 1. The number of fused-ring (bicyclic) bond motifs is 1. The van der Waals surface area contributed by atoms with E-state index < -0.39 is 11.8 Å². The van der Waals surface area contributed by atoms with Crippen molar-refractivity contribution in [2.45, 2.75) is 19.3 Å². The lowest BCUT2D eigenvalue weighted by molar-refractivity contribution is -0.131. The molecular formula is C11H9BrO4. The van der Waals surface area contributed by atoms with Gasteiger partial charge in [-0.05, 0) is 52.4 Å². The number of phenols is 1. The molecule has 4 nitrogen and oxygen atoms in total. The van der Waals surface area contributed by atoms with Gasteiger partial charge in [-0.25, -0.2) is 4.79 Å². The Morgan fingerprint density at radius 1 is 1.31 bits per heavy atom. The Labute approximate surface area is 100 Å². The molecule has 0 spiro atoms. The molecule has 1 aliphatic carbocycles. The molecule has 0 bridgehead atoms. The number of benzene rings is 1. The second kappa shape index (κ2) is 3.90. The van der Waals surface area contributed by atoms with Crippen molar-refractivity contribution in [2.75, 3.05) is 0 Å². The molecule has 0 atom stereocenters. The highest BCUT2D eigenvalue weighted by atomic mass is 79.9. The Bertz CT molecular complexity index is 493. The molecular weight excluding hydrogens is 276 g/mol. The summed E-state index contributed by atoms with van der Waals surface area (Å²) in [7, 11) is 0. The summed E-state index contributed by atoms with van der Waals surface area (Å²) in [5.74, 6) is -2.90. The van der Waals surface area contributed by atoms with E-state index in [1.807, 2.05) is 0 Å². The quantitative estimate of drug-likeness (QED) is 0.643. The van der Waals surface area contributed by atoms with Gasteiger partial charge in [0.2, 0.25) is 0 Å². The highest BCUT2D eigenvalue weighted by molar-refractivity contribution is 9.10. The number of ketones is 1. The van der Waals surface area contributed by atoms with Crippen LogP contribution in [-0.4, -0.2) is 22.0 Å². The molecule has 84 valence electrons. The molecule has 0 fully saturated rings. The normalized spacial score (nSPS) is 13.6. The molecule has 0 amide bonds. The third-order valence-electron chi connectivity index (χ3n) is 2.75. The third-order valence-corrected chi connectivity index (χ3v) is 3.60. The largest absolute Gasteiger partial charge is 0.506 e. The minimum absolute atomic E-state index is 0.139. The van der Waals surface area contributed by atoms with Crippen LogP contribution >= 0.6 is 15.9 Å². The minimum atomic E-state index is -1.56. The molecule has 1 aromatic rings. The SMILES string of the molecule is O=C(O)C(=O)c1cc2c(c(Br)c1O)CCC2. The fourth-order valence-electron chi connectivity index (χ4n) is 1.97. The number of aliphatic carboxylic acids is 1. The zero-order chi connectivity index (χ0) is 11.9. The van der Waals surface area contributed by atoms with Gasteiger partial charge in [0.05, 0.1) is 10.0 Å². The van der Waals surface area contributed by atoms with Crippen LogP contribution in [0.4, 0.5) is 0 Å². The van der Waals surface area contributed by atoms with Gasteiger partial charge in [-0.1, -0.05) is 0 Å². The Morgan fingerprint density at radius 3 is 2.62 bits per heavy atom. The van der Waals surface area contributed by atoms with Gasteiger partial charge in [-0.15, -0.1) is 0 Å². The van der Waals surface area contributed by atoms with E-state index in [-0.39, 0.29) is 11.3 Å². The number of halogens is 1. The van der Waals surface area contributed by atoms with Crippen LogP contribution in [0.15, 0.2) is 10.5 Å². The number of hydrogen-bond donors (Lipinski definition) is 2. The van der Waals surface area contributed by atoms with Crippen molar-refractivity contribution in [3.63, 3.8) is 0 Å². The number of aromatic hydroxyl groups is 1. The topological polar surface area (TPSA) is 74.6 Å². The Balaban J connectivity index is 2.60. The summed E-state index contributed by atoms with van der Waals surface area (Å²) in [6, 6.07) is 1.48. The predicted octanol–water partition coefficient (Wildman–Crippen LogP) is 1.91. The molecule has 0 aliphatic heterocycles. The minimum Gasteiger partial charge on any atom is -0.506 e. The maximum atomic E-state index is 11.3. The summed E-state index contributed by atoms with van der Waals surface area (Å²) in [5, 5.41) is 18.4. The molecule has 0 aromatic heterocycles. The molecule has 0 saturated heterocycles. The Morgan fingerprint density at radius 2 is 2.00 bits per heavy atom. The van der Waals surface area contributed by atoms with E-state index in [4.69, 9.17) is 5.11 Å². The maximum absolute atomic E-state index is 11.3. The van der Waals surface area contributed by atoms with Gasteiger partial charge < -0.3 is 10.2 Å². The number of carbonyl (C=O) groups excluding carboxylic acids is 1. The molecule has 0 heterocycles. The van der Waals surface area contributed by atoms with Crippen LogP contribution in [0, 0.1) is 0 Å². The molecule has 1 aliphatic rings. The van der Waals surface area contributed by atoms with Crippen molar-refractivity contribution in [1.82, 2.24) is 0 Å². The summed E-state index contributed by atoms with van der Waals surface area (Å²) < 4.78 is 0.451. The molecule has 0 saturated carbocycles. The van der Waals surface area contributed by atoms with Crippen LogP contribution < -0.4 is 0 Å². The molecule has 2 N–H and O–H groups in total. The third kappa shape index (κ3) is 1.61. The van der Waals surface area contributed by atoms with E-state index in [2.05, 4.69) is 15.9 Å². The summed E-state index contributed by atoms with van der Waals surface area (Å²) in [4.78, 5) is 21.9. The number of rotatable bonds is 2.